The number of hydrogen-bond donors (Lipinski definition) is 0. The second kappa shape index (κ2) is 14.8. The number of hydrogen-bond acceptors (Lipinski definition) is 1. The third kappa shape index (κ3) is 8.91. The lowest BCUT2D eigenvalue weighted by atomic mass is 9.68. The summed E-state index contributed by atoms with van der Waals surface area (Å²) in [4.78, 5) is 0. The van der Waals surface area contributed by atoms with Crippen molar-refractivity contribution in [3.63, 3.8) is 0 Å². The third-order valence-corrected chi connectivity index (χ3v) is 8.09. The van der Waals surface area contributed by atoms with Gasteiger partial charge in [0.25, 0.3) is 0 Å². The Hall–Kier alpha value is -1.31. The Kier molecular flexibility index (Phi) is 11.7. The molecule has 0 aromatic heterocycles. The van der Waals surface area contributed by atoms with Crippen molar-refractivity contribution in [1.82, 2.24) is 0 Å². The maximum absolute atomic E-state index is 12.3. The lowest BCUT2D eigenvalue weighted by Gasteiger charge is -2.37. The molecular weight excluding hydrogens is 395 g/mol. The van der Waals surface area contributed by atoms with Gasteiger partial charge in [-0.3, -0.25) is 4.39 Å². The normalized spacial score (nSPS) is 26.4. The van der Waals surface area contributed by atoms with E-state index >= 15 is 0 Å². The highest BCUT2D eigenvalue weighted by molar-refractivity contribution is 5.27. The van der Waals surface area contributed by atoms with Gasteiger partial charge in [-0.1, -0.05) is 63.3 Å². The van der Waals surface area contributed by atoms with Crippen LogP contribution in [0.25, 0.3) is 0 Å². The number of allylic oxidation sites excluding steroid dienone is 2. The van der Waals surface area contributed by atoms with Crippen molar-refractivity contribution in [3.8, 4) is 5.75 Å². The number of alkyl halides is 1. The first-order chi connectivity index (χ1) is 15.8. The molecule has 0 spiro atoms. The van der Waals surface area contributed by atoms with E-state index in [0.29, 0.717) is 12.3 Å². The second-order valence-corrected chi connectivity index (χ2v) is 10.5. The van der Waals surface area contributed by atoms with Crippen molar-refractivity contribution in [2.45, 2.75) is 103 Å². The summed E-state index contributed by atoms with van der Waals surface area (Å²) in [5.41, 5.74) is 1.46. The van der Waals surface area contributed by atoms with Crippen molar-refractivity contribution in [3.05, 3.63) is 42.0 Å². The molecule has 0 radical (unpaired) electrons. The van der Waals surface area contributed by atoms with Crippen molar-refractivity contribution in [2.75, 3.05) is 13.3 Å². The topological polar surface area (TPSA) is 9.23 Å². The fraction of sp³-hybridized carbons (Fsp3) is 0.733. The lowest BCUT2D eigenvalue weighted by molar-refractivity contribution is 0.152. The van der Waals surface area contributed by atoms with Crippen LogP contribution in [0.15, 0.2) is 36.4 Å². The highest BCUT2D eigenvalue weighted by atomic mass is 19.1. The molecule has 2 aliphatic carbocycles. The van der Waals surface area contributed by atoms with Gasteiger partial charge in [-0.05, 0) is 106 Å². The van der Waals surface area contributed by atoms with Gasteiger partial charge in [-0.2, -0.15) is 0 Å². The Morgan fingerprint density at radius 2 is 1.56 bits per heavy atom. The van der Waals surface area contributed by atoms with Crippen molar-refractivity contribution in [2.24, 2.45) is 23.7 Å². The van der Waals surface area contributed by atoms with E-state index < -0.39 is 0 Å². The smallest absolute Gasteiger partial charge is 0.119 e. The Morgan fingerprint density at radius 1 is 0.875 bits per heavy atom. The van der Waals surface area contributed by atoms with Crippen LogP contribution in [0.5, 0.6) is 5.75 Å². The van der Waals surface area contributed by atoms with Crippen LogP contribution in [-0.4, -0.2) is 13.3 Å². The molecule has 0 saturated heterocycles. The van der Waals surface area contributed by atoms with Crippen molar-refractivity contribution in [1.29, 1.82) is 0 Å². The molecule has 0 atom stereocenters. The van der Waals surface area contributed by atoms with Gasteiger partial charge < -0.3 is 4.74 Å². The summed E-state index contributed by atoms with van der Waals surface area (Å²) in [5, 5.41) is 0. The minimum atomic E-state index is -0.214. The van der Waals surface area contributed by atoms with Crippen LogP contribution in [0.4, 0.5) is 4.39 Å². The molecule has 0 N–H and O–H groups in total. The molecule has 2 fully saturated rings. The first-order valence-electron chi connectivity index (χ1n) is 13.7. The van der Waals surface area contributed by atoms with Crippen molar-refractivity contribution >= 4 is 0 Å². The van der Waals surface area contributed by atoms with Crippen LogP contribution < -0.4 is 4.74 Å². The fourth-order valence-corrected chi connectivity index (χ4v) is 5.95. The summed E-state index contributed by atoms with van der Waals surface area (Å²) in [6.07, 6.45) is 23.7. The Bertz CT molecular complexity index is 621. The number of aryl methyl sites for hydroxylation is 1. The van der Waals surface area contributed by atoms with E-state index in [4.69, 9.17) is 4.74 Å². The van der Waals surface area contributed by atoms with E-state index in [1.54, 1.807) is 0 Å². The average Bonchev–Trinajstić information content (AvgIpc) is 2.84. The molecule has 1 aromatic carbocycles. The molecule has 1 nitrogen and oxygen atoms in total. The quantitative estimate of drug-likeness (QED) is 0.218. The first-order valence-corrected chi connectivity index (χ1v) is 13.7. The molecule has 0 bridgehead atoms. The standard InChI is InChI=1S/C30H47FO/c1-2-3-4-7-24-32-30-21-15-27(16-22-30)10-9-26-13-19-29(20-14-26)28-17-11-25(12-18-28)8-5-6-23-31/h5,8,15-16,21-22,25-26,28-29H,2-4,6-7,9-14,17-20,23-24H2,1H3. The largest absolute Gasteiger partial charge is 0.494 e. The van der Waals surface area contributed by atoms with Crippen LogP contribution in [0.2, 0.25) is 0 Å². The van der Waals surface area contributed by atoms with Crippen LogP contribution in [0, 0.1) is 23.7 Å². The van der Waals surface area contributed by atoms with Gasteiger partial charge in [0.2, 0.25) is 0 Å². The van der Waals surface area contributed by atoms with Gasteiger partial charge in [0.15, 0.2) is 0 Å². The maximum atomic E-state index is 12.3. The summed E-state index contributed by atoms with van der Waals surface area (Å²) >= 11 is 0. The summed E-state index contributed by atoms with van der Waals surface area (Å²) in [6.45, 7) is 2.88. The maximum Gasteiger partial charge on any atom is 0.119 e. The summed E-state index contributed by atoms with van der Waals surface area (Å²) < 4.78 is 18.2. The summed E-state index contributed by atoms with van der Waals surface area (Å²) in [6, 6.07) is 8.87. The van der Waals surface area contributed by atoms with Crippen LogP contribution in [-0.2, 0) is 6.42 Å². The van der Waals surface area contributed by atoms with Crippen LogP contribution in [0.1, 0.15) is 102 Å². The van der Waals surface area contributed by atoms with Gasteiger partial charge in [0.1, 0.15) is 5.75 Å². The van der Waals surface area contributed by atoms with Crippen LogP contribution >= 0.6 is 0 Å². The SMILES string of the molecule is CCCCCCOc1ccc(CCC2CCC(C3CCC(C=CCCF)CC3)CC2)cc1. The van der Waals surface area contributed by atoms with E-state index in [-0.39, 0.29) is 6.67 Å². The van der Waals surface area contributed by atoms with Crippen molar-refractivity contribution < 1.29 is 9.13 Å². The highest BCUT2D eigenvalue weighted by Gasteiger charge is 2.30. The number of halogens is 1. The second-order valence-electron chi connectivity index (χ2n) is 10.5. The molecule has 0 heterocycles. The van der Waals surface area contributed by atoms with E-state index in [0.717, 1.165) is 36.5 Å². The Morgan fingerprint density at radius 3 is 2.22 bits per heavy atom. The minimum absolute atomic E-state index is 0.214. The molecule has 180 valence electrons. The third-order valence-electron chi connectivity index (χ3n) is 8.09. The highest BCUT2D eigenvalue weighted by Crippen LogP contribution is 2.42. The predicted molar refractivity (Wildman–Crippen MR) is 135 cm³/mol. The zero-order chi connectivity index (χ0) is 22.4. The van der Waals surface area contributed by atoms with E-state index in [1.165, 1.54) is 89.0 Å². The first kappa shape index (κ1) is 25.3. The van der Waals surface area contributed by atoms with Crippen LogP contribution in [0.3, 0.4) is 0 Å². The Labute approximate surface area is 197 Å². The molecule has 0 amide bonds. The number of rotatable bonds is 13. The number of unbranched alkanes of at least 4 members (excludes halogenated alkanes) is 3. The zero-order valence-electron chi connectivity index (χ0n) is 20.6. The minimum Gasteiger partial charge on any atom is -0.494 e. The molecule has 2 aliphatic rings. The number of benzene rings is 1. The molecule has 2 saturated carbocycles. The fourth-order valence-electron chi connectivity index (χ4n) is 5.95. The predicted octanol–water partition coefficient (Wildman–Crippen LogP) is 9.11. The molecule has 32 heavy (non-hydrogen) atoms. The molecule has 0 aliphatic heterocycles. The molecule has 0 unspecified atom stereocenters. The van der Waals surface area contributed by atoms with Gasteiger partial charge in [-0.15, -0.1) is 0 Å². The van der Waals surface area contributed by atoms with Gasteiger partial charge in [-0.25, -0.2) is 0 Å². The molecular formula is C30H47FO. The van der Waals surface area contributed by atoms with E-state index in [1.807, 2.05) is 0 Å². The summed E-state index contributed by atoms with van der Waals surface area (Å²) in [5.74, 6) is 4.58. The zero-order valence-corrected chi connectivity index (χ0v) is 20.6. The van der Waals surface area contributed by atoms with E-state index in [2.05, 4.69) is 43.3 Å². The van der Waals surface area contributed by atoms with Gasteiger partial charge in [0.05, 0.1) is 13.3 Å². The monoisotopic (exact) mass is 442 g/mol. The lowest BCUT2D eigenvalue weighted by Crippen LogP contribution is -2.25. The van der Waals surface area contributed by atoms with E-state index in [9.17, 15) is 4.39 Å². The molecule has 3 rings (SSSR count). The number of ether oxygens (including phenoxy) is 1. The summed E-state index contributed by atoms with van der Waals surface area (Å²) in [7, 11) is 0. The Balaban J connectivity index is 1.28. The average molecular weight is 443 g/mol. The van der Waals surface area contributed by atoms with Gasteiger partial charge in [0, 0.05) is 0 Å². The molecule has 2 heteroatoms. The molecule has 1 aromatic rings. The van der Waals surface area contributed by atoms with Gasteiger partial charge >= 0.3 is 0 Å².